The molecule has 1 N–H and O–H groups in total. The molecule has 0 aliphatic carbocycles. The molecule has 4 nitrogen and oxygen atoms in total. The molecule has 126 valence electrons. The van der Waals surface area contributed by atoms with E-state index in [1.165, 1.54) is 6.07 Å². The summed E-state index contributed by atoms with van der Waals surface area (Å²) in [6.07, 6.45) is -4.94. The Morgan fingerprint density at radius 2 is 1.92 bits per heavy atom. The number of nitrogens with one attached hydrogen (secondary N) is 1. The number of hydrogen-bond donors (Lipinski definition) is 1. The van der Waals surface area contributed by atoms with Gasteiger partial charge in [-0.1, -0.05) is 46.9 Å². The standard InChI is InChI=1S/C14H7Cl3F3N3O/c15-8-3-1-2-6(11(8)17)4-7-12(14(18,19)20)22-23-10(24)5-9(16)21-13(7)23/h1-3,5,22H,4H2. The fraction of sp³-hybridized carbons (Fsp3) is 0.143. The van der Waals surface area contributed by atoms with Gasteiger partial charge in [-0.2, -0.15) is 13.2 Å². The minimum Gasteiger partial charge on any atom is -0.285 e. The van der Waals surface area contributed by atoms with Gasteiger partial charge in [0.25, 0.3) is 5.56 Å². The summed E-state index contributed by atoms with van der Waals surface area (Å²) in [4.78, 5) is 15.7. The van der Waals surface area contributed by atoms with Crippen molar-refractivity contribution >= 4 is 40.4 Å². The molecular weight excluding hydrogens is 390 g/mol. The summed E-state index contributed by atoms with van der Waals surface area (Å²) in [5.41, 5.74) is -1.93. The molecule has 2 heterocycles. The Bertz CT molecular complexity index is 995. The molecule has 0 spiro atoms. The average molecular weight is 397 g/mol. The molecule has 0 atom stereocenters. The fourth-order valence-corrected chi connectivity index (χ4v) is 2.89. The SMILES string of the molecule is O=c1cc(Cl)nc2c(Cc3cccc(Cl)c3Cl)c(C(F)(F)F)[nH]n12. The zero-order valence-electron chi connectivity index (χ0n) is 11.6. The third kappa shape index (κ3) is 2.99. The van der Waals surface area contributed by atoms with Crippen LogP contribution >= 0.6 is 34.8 Å². The van der Waals surface area contributed by atoms with E-state index in [9.17, 15) is 18.0 Å². The summed E-state index contributed by atoms with van der Waals surface area (Å²) in [6, 6.07) is 5.55. The summed E-state index contributed by atoms with van der Waals surface area (Å²) in [7, 11) is 0. The predicted molar refractivity (Wildman–Crippen MR) is 85.1 cm³/mol. The Morgan fingerprint density at radius 3 is 2.58 bits per heavy atom. The van der Waals surface area contributed by atoms with Crippen molar-refractivity contribution in [2.45, 2.75) is 12.6 Å². The van der Waals surface area contributed by atoms with E-state index < -0.39 is 17.4 Å². The summed E-state index contributed by atoms with van der Waals surface area (Å²) in [5.74, 6) is 0. The van der Waals surface area contributed by atoms with Crippen molar-refractivity contribution in [1.82, 2.24) is 14.6 Å². The first-order chi connectivity index (χ1) is 11.2. The number of nitrogens with zero attached hydrogens (tertiary/aromatic N) is 2. The van der Waals surface area contributed by atoms with Gasteiger partial charge >= 0.3 is 6.18 Å². The molecule has 2 aromatic heterocycles. The molecule has 0 amide bonds. The highest BCUT2D eigenvalue weighted by atomic mass is 35.5. The van der Waals surface area contributed by atoms with Crippen LogP contribution < -0.4 is 5.56 Å². The Morgan fingerprint density at radius 1 is 1.21 bits per heavy atom. The number of H-pyrrole nitrogens is 1. The Hall–Kier alpha value is -1.70. The zero-order valence-corrected chi connectivity index (χ0v) is 13.9. The Balaban J connectivity index is 2.29. The van der Waals surface area contributed by atoms with Crippen LogP contribution in [-0.4, -0.2) is 14.6 Å². The van der Waals surface area contributed by atoms with Crippen molar-refractivity contribution in [2.75, 3.05) is 0 Å². The first-order valence-corrected chi connectivity index (χ1v) is 7.62. The van der Waals surface area contributed by atoms with Gasteiger partial charge in [-0.15, -0.1) is 0 Å². The van der Waals surface area contributed by atoms with Crippen LogP contribution in [0.5, 0.6) is 0 Å². The molecule has 24 heavy (non-hydrogen) atoms. The summed E-state index contributed by atoms with van der Waals surface area (Å²) in [5, 5.41) is 2.18. The van der Waals surface area contributed by atoms with Crippen LogP contribution in [0.4, 0.5) is 13.2 Å². The van der Waals surface area contributed by atoms with Crippen molar-refractivity contribution in [3.05, 3.63) is 66.6 Å². The maximum Gasteiger partial charge on any atom is 0.433 e. The van der Waals surface area contributed by atoms with E-state index >= 15 is 0 Å². The lowest BCUT2D eigenvalue weighted by Gasteiger charge is -2.09. The van der Waals surface area contributed by atoms with Gasteiger partial charge in [0.05, 0.1) is 10.0 Å². The van der Waals surface area contributed by atoms with Gasteiger partial charge in [0, 0.05) is 18.1 Å². The summed E-state index contributed by atoms with van der Waals surface area (Å²) >= 11 is 17.7. The van der Waals surface area contributed by atoms with Gasteiger partial charge < -0.3 is 0 Å². The molecule has 0 fully saturated rings. The van der Waals surface area contributed by atoms with Gasteiger partial charge in [0.1, 0.15) is 10.8 Å². The van der Waals surface area contributed by atoms with Crippen LogP contribution in [0.25, 0.3) is 5.65 Å². The molecular formula is C14H7Cl3F3N3O. The van der Waals surface area contributed by atoms with Crippen molar-refractivity contribution in [1.29, 1.82) is 0 Å². The Labute approximate surface area is 147 Å². The lowest BCUT2D eigenvalue weighted by atomic mass is 10.0. The van der Waals surface area contributed by atoms with Gasteiger partial charge in [0.2, 0.25) is 0 Å². The molecule has 1 aromatic carbocycles. The van der Waals surface area contributed by atoms with Crippen molar-refractivity contribution in [2.24, 2.45) is 0 Å². The molecule has 10 heteroatoms. The minimum absolute atomic E-state index is 0.135. The van der Waals surface area contributed by atoms with Gasteiger partial charge in [-0.25, -0.2) is 9.50 Å². The van der Waals surface area contributed by atoms with E-state index in [1.54, 1.807) is 12.1 Å². The van der Waals surface area contributed by atoms with E-state index in [2.05, 4.69) is 4.98 Å². The number of rotatable bonds is 2. The molecule has 3 aromatic rings. The topological polar surface area (TPSA) is 50.2 Å². The fourth-order valence-electron chi connectivity index (χ4n) is 2.33. The van der Waals surface area contributed by atoms with Crippen molar-refractivity contribution in [3.63, 3.8) is 0 Å². The number of aromatic nitrogens is 3. The molecule has 0 saturated carbocycles. The molecule has 0 bridgehead atoms. The predicted octanol–water partition coefficient (Wildman–Crippen LogP) is 4.59. The lowest BCUT2D eigenvalue weighted by molar-refractivity contribution is -0.141. The average Bonchev–Trinajstić information content (AvgIpc) is 2.83. The molecule has 0 unspecified atom stereocenters. The number of fused-ring (bicyclic) bond motifs is 1. The van der Waals surface area contributed by atoms with E-state index in [-0.39, 0.29) is 32.8 Å². The molecule has 0 radical (unpaired) electrons. The highest BCUT2D eigenvalue weighted by Crippen LogP contribution is 2.35. The largest absolute Gasteiger partial charge is 0.433 e. The van der Waals surface area contributed by atoms with Gasteiger partial charge in [0.15, 0.2) is 5.65 Å². The van der Waals surface area contributed by atoms with Crippen LogP contribution in [-0.2, 0) is 12.6 Å². The monoisotopic (exact) mass is 395 g/mol. The highest BCUT2D eigenvalue weighted by molar-refractivity contribution is 6.42. The van der Waals surface area contributed by atoms with E-state index in [0.717, 1.165) is 6.07 Å². The number of aromatic amines is 1. The molecule has 0 saturated heterocycles. The normalized spacial score (nSPS) is 12.1. The molecule has 0 aliphatic heterocycles. The highest BCUT2D eigenvalue weighted by Gasteiger charge is 2.37. The first kappa shape index (κ1) is 17.1. The third-order valence-corrected chi connectivity index (χ3v) is 4.42. The molecule has 0 aliphatic rings. The summed E-state index contributed by atoms with van der Waals surface area (Å²) < 4.78 is 40.7. The number of alkyl halides is 3. The second-order valence-corrected chi connectivity index (χ2v) is 6.10. The first-order valence-electron chi connectivity index (χ1n) is 6.48. The maximum absolute atomic E-state index is 13.3. The van der Waals surface area contributed by atoms with E-state index in [1.807, 2.05) is 5.10 Å². The zero-order chi connectivity index (χ0) is 17.6. The molecule has 3 rings (SSSR count). The smallest absolute Gasteiger partial charge is 0.285 e. The van der Waals surface area contributed by atoms with Gasteiger partial charge in [-0.05, 0) is 11.6 Å². The van der Waals surface area contributed by atoms with Crippen LogP contribution in [0.1, 0.15) is 16.8 Å². The maximum atomic E-state index is 13.3. The number of halogens is 6. The van der Waals surface area contributed by atoms with Crippen LogP contribution in [0.15, 0.2) is 29.1 Å². The van der Waals surface area contributed by atoms with Crippen molar-refractivity contribution in [3.8, 4) is 0 Å². The van der Waals surface area contributed by atoms with Crippen LogP contribution in [0.2, 0.25) is 15.2 Å². The third-order valence-electron chi connectivity index (χ3n) is 3.37. The van der Waals surface area contributed by atoms with Gasteiger partial charge in [-0.3, -0.25) is 9.89 Å². The van der Waals surface area contributed by atoms with Crippen LogP contribution in [0, 0.1) is 0 Å². The van der Waals surface area contributed by atoms with Crippen LogP contribution in [0.3, 0.4) is 0 Å². The van der Waals surface area contributed by atoms with E-state index in [0.29, 0.717) is 10.1 Å². The minimum atomic E-state index is -4.72. The quantitative estimate of drug-likeness (QED) is 0.644. The van der Waals surface area contributed by atoms with Crippen molar-refractivity contribution < 1.29 is 13.2 Å². The summed E-state index contributed by atoms with van der Waals surface area (Å²) in [6.45, 7) is 0. The Kier molecular flexibility index (Phi) is 4.27. The lowest BCUT2D eigenvalue weighted by Crippen LogP contribution is -2.14. The second kappa shape index (κ2) is 5.98. The number of benzene rings is 1. The number of hydrogen-bond acceptors (Lipinski definition) is 2. The second-order valence-electron chi connectivity index (χ2n) is 4.93. The van der Waals surface area contributed by atoms with E-state index in [4.69, 9.17) is 34.8 Å².